The molecule has 3 aromatic rings. The minimum absolute atomic E-state index is 0.0437. The number of pyridine rings is 1. The van der Waals surface area contributed by atoms with Crippen LogP contribution in [-0.4, -0.2) is 39.5 Å². The van der Waals surface area contributed by atoms with Gasteiger partial charge in [-0.25, -0.2) is 8.78 Å². The van der Waals surface area contributed by atoms with Crippen molar-refractivity contribution >= 4 is 22.4 Å². The van der Waals surface area contributed by atoms with Crippen LogP contribution in [0.3, 0.4) is 0 Å². The fourth-order valence-corrected chi connectivity index (χ4v) is 4.21. The second-order valence-electron chi connectivity index (χ2n) is 8.17. The van der Waals surface area contributed by atoms with Gasteiger partial charge < -0.3 is 15.3 Å². The number of fused-ring (bicyclic) bond motifs is 1. The number of nitrogens with one attached hydrogen (secondary N) is 1. The number of aliphatic hydroxyl groups excluding tert-OH is 1. The van der Waals surface area contributed by atoms with Gasteiger partial charge >= 0.3 is 0 Å². The first-order chi connectivity index (χ1) is 14.8. The molecule has 8 heteroatoms. The summed E-state index contributed by atoms with van der Waals surface area (Å²) in [5.41, 5.74) is 3.86. The fraction of sp³-hybridized carbons (Fsp3) is 0.435. The normalized spacial score (nSPS) is 16.2. The van der Waals surface area contributed by atoms with Crippen LogP contribution in [0.25, 0.3) is 10.9 Å². The molecule has 0 bridgehead atoms. The van der Waals surface area contributed by atoms with E-state index in [2.05, 4.69) is 25.4 Å². The van der Waals surface area contributed by atoms with E-state index in [9.17, 15) is 13.9 Å². The maximum Gasteiger partial charge on any atom is 0.264 e. The summed E-state index contributed by atoms with van der Waals surface area (Å²) < 4.78 is 26.6. The predicted octanol–water partition coefficient (Wildman–Crippen LogP) is 4.71. The Morgan fingerprint density at radius 1 is 1.13 bits per heavy atom. The zero-order valence-electron chi connectivity index (χ0n) is 17.9. The maximum atomic E-state index is 13.3. The molecule has 1 aromatic carbocycles. The Hall–Kier alpha value is -2.87. The topological polar surface area (TPSA) is 74.2 Å². The molecule has 1 aliphatic rings. The molecule has 1 atom stereocenters. The number of halogens is 2. The molecule has 31 heavy (non-hydrogen) atoms. The van der Waals surface area contributed by atoms with Gasteiger partial charge in [0.2, 0.25) is 0 Å². The van der Waals surface area contributed by atoms with Crippen molar-refractivity contribution < 1.29 is 13.9 Å². The first-order valence-corrected chi connectivity index (χ1v) is 10.5. The van der Waals surface area contributed by atoms with E-state index in [1.165, 1.54) is 6.07 Å². The fourth-order valence-electron chi connectivity index (χ4n) is 4.21. The van der Waals surface area contributed by atoms with Crippen molar-refractivity contribution in [1.29, 1.82) is 0 Å². The molecule has 1 saturated heterocycles. The van der Waals surface area contributed by atoms with Crippen molar-refractivity contribution in [2.45, 2.75) is 52.2 Å². The van der Waals surface area contributed by atoms with Crippen LogP contribution in [0.1, 0.15) is 54.6 Å². The summed E-state index contributed by atoms with van der Waals surface area (Å²) >= 11 is 0. The van der Waals surface area contributed by atoms with Gasteiger partial charge in [-0.2, -0.15) is 5.10 Å². The van der Waals surface area contributed by atoms with Crippen molar-refractivity contribution in [2.24, 2.45) is 0 Å². The number of aryl methyl sites for hydroxylation is 1. The molecule has 0 amide bonds. The predicted molar refractivity (Wildman–Crippen MR) is 118 cm³/mol. The lowest BCUT2D eigenvalue weighted by molar-refractivity contribution is 0.145. The van der Waals surface area contributed by atoms with Crippen LogP contribution in [0, 0.1) is 13.8 Å². The van der Waals surface area contributed by atoms with Gasteiger partial charge in [0.15, 0.2) is 5.82 Å². The molecule has 0 spiro atoms. The summed E-state index contributed by atoms with van der Waals surface area (Å²) in [4.78, 5) is 6.83. The summed E-state index contributed by atoms with van der Waals surface area (Å²) in [5, 5.41) is 22.6. The zero-order valence-corrected chi connectivity index (χ0v) is 17.9. The lowest BCUT2D eigenvalue weighted by Crippen LogP contribution is -2.35. The van der Waals surface area contributed by atoms with E-state index in [-0.39, 0.29) is 17.7 Å². The van der Waals surface area contributed by atoms with Crippen LogP contribution in [0.15, 0.2) is 30.5 Å². The number of aromatic nitrogens is 3. The van der Waals surface area contributed by atoms with Gasteiger partial charge in [-0.1, -0.05) is 18.2 Å². The van der Waals surface area contributed by atoms with Crippen LogP contribution < -0.4 is 10.2 Å². The molecule has 3 heterocycles. The smallest absolute Gasteiger partial charge is 0.264 e. The third-order valence-electron chi connectivity index (χ3n) is 6.07. The highest BCUT2D eigenvalue weighted by atomic mass is 19.3. The Balaban J connectivity index is 1.68. The summed E-state index contributed by atoms with van der Waals surface area (Å²) in [6, 6.07) is 6.77. The van der Waals surface area contributed by atoms with Gasteiger partial charge in [-0.05, 0) is 50.8 Å². The Bertz CT molecular complexity index is 1080. The number of hydrogen-bond donors (Lipinski definition) is 2. The SMILES string of the molecule is Cc1c(C(F)F)cccc1[C@@H](C)Nc1nnc(C)c2ncc(N3CCC(O)CC3)cc12. The summed E-state index contributed by atoms with van der Waals surface area (Å²) in [6.07, 6.45) is 0.532. The Kier molecular flexibility index (Phi) is 6.00. The monoisotopic (exact) mass is 427 g/mol. The van der Waals surface area contributed by atoms with E-state index in [1.54, 1.807) is 13.0 Å². The van der Waals surface area contributed by atoms with Gasteiger partial charge in [0.1, 0.15) is 0 Å². The number of hydrogen-bond acceptors (Lipinski definition) is 6. The van der Waals surface area contributed by atoms with E-state index < -0.39 is 6.43 Å². The van der Waals surface area contributed by atoms with Crippen molar-refractivity contribution in [3.05, 3.63) is 52.8 Å². The third kappa shape index (κ3) is 4.30. The molecular weight excluding hydrogens is 400 g/mol. The first kappa shape index (κ1) is 21.4. The average Bonchev–Trinajstić information content (AvgIpc) is 2.76. The molecule has 0 saturated carbocycles. The van der Waals surface area contributed by atoms with Crippen molar-refractivity contribution in [2.75, 3.05) is 23.3 Å². The minimum atomic E-state index is -2.51. The molecule has 0 radical (unpaired) electrons. The quantitative estimate of drug-likeness (QED) is 0.614. The number of aliphatic hydroxyl groups is 1. The minimum Gasteiger partial charge on any atom is -0.393 e. The number of alkyl halides is 2. The van der Waals surface area contributed by atoms with Crippen LogP contribution >= 0.6 is 0 Å². The van der Waals surface area contributed by atoms with Gasteiger partial charge in [0.25, 0.3) is 6.43 Å². The highest BCUT2D eigenvalue weighted by molar-refractivity contribution is 5.92. The number of piperidine rings is 1. The Labute approximate surface area is 180 Å². The van der Waals surface area contributed by atoms with Crippen molar-refractivity contribution in [1.82, 2.24) is 15.2 Å². The second-order valence-corrected chi connectivity index (χ2v) is 8.17. The van der Waals surface area contributed by atoms with E-state index in [1.807, 2.05) is 32.2 Å². The molecule has 2 aromatic heterocycles. The number of anilines is 2. The highest BCUT2D eigenvalue weighted by Crippen LogP contribution is 2.32. The van der Waals surface area contributed by atoms with E-state index in [4.69, 9.17) is 0 Å². The van der Waals surface area contributed by atoms with Gasteiger partial charge in [-0.15, -0.1) is 5.10 Å². The third-order valence-corrected chi connectivity index (χ3v) is 6.07. The number of benzene rings is 1. The van der Waals surface area contributed by atoms with Crippen LogP contribution in [0.5, 0.6) is 0 Å². The van der Waals surface area contributed by atoms with Gasteiger partial charge in [-0.3, -0.25) is 4.98 Å². The van der Waals surface area contributed by atoms with Crippen LogP contribution in [-0.2, 0) is 0 Å². The van der Waals surface area contributed by atoms with E-state index >= 15 is 0 Å². The standard InChI is InChI=1S/C23H27F2N5O/c1-13-18(5-4-6-19(13)22(24)25)14(2)27-23-20-11-16(30-9-7-17(31)8-10-30)12-26-21(20)15(3)28-29-23/h4-6,11-12,14,17,22,31H,7-10H2,1-3H3,(H,27,29)/t14-/m1/s1. The summed E-state index contributed by atoms with van der Waals surface area (Å²) in [6.45, 7) is 7.05. The van der Waals surface area contributed by atoms with Crippen LogP contribution in [0.2, 0.25) is 0 Å². The molecule has 164 valence electrons. The Morgan fingerprint density at radius 2 is 1.84 bits per heavy atom. The highest BCUT2D eigenvalue weighted by Gasteiger charge is 2.20. The summed E-state index contributed by atoms with van der Waals surface area (Å²) in [5.74, 6) is 0.571. The van der Waals surface area contributed by atoms with Gasteiger partial charge in [0, 0.05) is 24.0 Å². The molecular formula is C23H27F2N5O. The van der Waals surface area contributed by atoms with Crippen molar-refractivity contribution in [3.8, 4) is 0 Å². The Morgan fingerprint density at radius 3 is 2.55 bits per heavy atom. The lowest BCUT2D eigenvalue weighted by Gasteiger charge is -2.31. The molecule has 4 rings (SSSR count). The second kappa shape index (κ2) is 8.70. The lowest BCUT2D eigenvalue weighted by atomic mass is 9.97. The maximum absolute atomic E-state index is 13.3. The molecule has 1 aliphatic heterocycles. The molecule has 0 aliphatic carbocycles. The van der Waals surface area contributed by atoms with Crippen molar-refractivity contribution in [3.63, 3.8) is 0 Å². The zero-order chi connectivity index (χ0) is 22.1. The van der Waals surface area contributed by atoms with Gasteiger partial charge in [0.05, 0.1) is 35.2 Å². The average molecular weight is 427 g/mol. The number of rotatable bonds is 5. The summed E-state index contributed by atoms with van der Waals surface area (Å²) in [7, 11) is 0. The molecule has 1 fully saturated rings. The van der Waals surface area contributed by atoms with E-state index in [0.29, 0.717) is 11.4 Å². The largest absolute Gasteiger partial charge is 0.393 e. The first-order valence-electron chi connectivity index (χ1n) is 10.5. The van der Waals surface area contributed by atoms with E-state index in [0.717, 1.165) is 53.8 Å². The molecule has 2 N–H and O–H groups in total. The molecule has 6 nitrogen and oxygen atoms in total. The van der Waals surface area contributed by atoms with Crippen LogP contribution in [0.4, 0.5) is 20.3 Å². The molecule has 0 unspecified atom stereocenters. The number of nitrogens with zero attached hydrogens (tertiary/aromatic N) is 4.